The van der Waals surface area contributed by atoms with Gasteiger partial charge in [-0.25, -0.2) is 0 Å². The molecule has 102 valence electrons. The van der Waals surface area contributed by atoms with Crippen molar-refractivity contribution in [2.45, 2.75) is 52.1 Å². The molecule has 1 unspecified atom stereocenters. The first kappa shape index (κ1) is 13.5. The SMILES string of the molecule is CCNCC1CCCCN1Cc1nnc(CC)o1. The van der Waals surface area contributed by atoms with Gasteiger partial charge in [-0.3, -0.25) is 4.90 Å². The summed E-state index contributed by atoms with van der Waals surface area (Å²) in [5.41, 5.74) is 0. The van der Waals surface area contributed by atoms with E-state index in [9.17, 15) is 0 Å². The number of aryl methyl sites for hydroxylation is 1. The van der Waals surface area contributed by atoms with E-state index in [-0.39, 0.29) is 0 Å². The minimum Gasteiger partial charge on any atom is -0.424 e. The molecule has 1 fully saturated rings. The molecule has 2 heterocycles. The molecule has 1 N–H and O–H groups in total. The third-order valence-corrected chi connectivity index (χ3v) is 3.53. The Morgan fingerprint density at radius 2 is 2.11 bits per heavy atom. The van der Waals surface area contributed by atoms with E-state index in [1.54, 1.807) is 0 Å². The maximum Gasteiger partial charge on any atom is 0.230 e. The highest BCUT2D eigenvalue weighted by molar-refractivity contribution is 4.86. The topological polar surface area (TPSA) is 54.2 Å². The van der Waals surface area contributed by atoms with Crippen molar-refractivity contribution < 1.29 is 4.42 Å². The van der Waals surface area contributed by atoms with Crippen LogP contribution < -0.4 is 5.32 Å². The summed E-state index contributed by atoms with van der Waals surface area (Å²) in [4.78, 5) is 2.47. The number of piperidine rings is 1. The Bertz CT molecular complexity index is 353. The Morgan fingerprint density at radius 3 is 2.83 bits per heavy atom. The van der Waals surface area contributed by atoms with E-state index in [1.165, 1.54) is 19.3 Å². The Hall–Kier alpha value is -0.940. The van der Waals surface area contributed by atoms with Gasteiger partial charge in [0.15, 0.2) is 0 Å². The highest BCUT2D eigenvalue weighted by atomic mass is 16.4. The molecule has 0 aromatic carbocycles. The lowest BCUT2D eigenvalue weighted by Crippen LogP contribution is -2.45. The number of aromatic nitrogens is 2. The van der Waals surface area contributed by atoms with Crippen LogP contribution in [0.15, 0.2) is 4.42 Å². The highest BCUT2D eigenvalue weighted by Crippen LogP contribution is 2.18. The van der Waals surface area contributed by atoms with Crippen molar-refractivity contribution in [3.05, 3.63) is 11.8 Å². The van der Waals surface area contributed by atoms with Crippen LogP contribution in [0.4, 0.5) is 0 Å². The van der Waals surface area contributed by atoms with Crippen molar-refractivity contribution in [2.24, 2.45) is 0 Å². The Balaban J connectivity index is 1.91. The van der Waals surface area contributed by atoms with Gasteiger partial charge in [-0.05, 0) is 25.9 Å². The van der Waals surface area contributed by atoms with Crippen LogP contribution in [-0.2, 0) is 13.0 Å². The average Bonchev–Trinajstić information content (AvgIpc) is 2.85. The van der Waals surface area contributed by atoms with Gasteiger partial charge in [0.1, 0.15) is 0 Å². The second-order valence-electron chi connectivity index (χ2n) is 4.87. The molecule has 0 saturated carbocycles. The van der Waals surface area contributed by atoms with Gasteiger partial charge < -0.3 is 9.73 Å². The monoisotopic (exact) mass is 252 g/mol. The van der Waals surface area contributed by atoms with Crippen molar-refractivity contribution in [1.29, 1.82) is 0 Å². The summed E-state index contributed by atoms with van der Waals surface area (Å²) >= 11 is 0. The fourth-order valence-corrected chi connectivity index (χ4v) is 2.48. The lowest BCUT2D eigenvalue weighted by Gasteiger charge is -2.34. The molecule has 5 heteroatoms. The van der Waals surface area contributed by atoms with E-state index in [0.29, 0.717) is 6.04 Å². The van der Waals surface area contributed by atoms with Gasteiger partial charge in [0.05, 0.1) is 6.54 Å². The van der Waals surface area contributed by atoms with Crippen molar-refractivity contribution in [3.8, 4) is 0 Å². The average molecular weight is 252 g/mol. The molecule has 0 amide bonds. The highest BCUT2D eigenvalue weighted by Gasteiger charge is 2.23. The van der Waals surface area contributed by atoms with Crippen LogP contribution in [0.3, 0.4) is 0 Å². The lowest BCUT2D eigenvalue weighted by molar-refractivity contribution is 0.125. The summed E-state index contributed by atoms with van der Waals surface area (Å²) in [6.07, 6.45) is 4.68. The van der Waals surface area contributed by atoms with E-state index in [0.717, 1.165) is 44.4 Å². The van der Waals surface area contributed by atoms with Crippen LogP contribution in [0, 0.1) is 0 Å². The quantitative estimate of drug-likeness (QED) is 0.833. The largest absolute Gasteiger partial charge is 0.424 e. The predicted octanol–water partition coefficient (Wildman–Crippen LogP) is 1.60. The molecule has 1 saturated heterocycles. The van der Waals surface area contributed by atoms with Crippen molar-refractivity contribution >= 4 is 0 Å². The normalized spacial score (nSPS) is 21.3. The molecule has 1 atom stereocenters. The fourth-order valence-electron chi connectivity index (χ4n) is 2.48. The molecular weight excluding hydrogens is 228 g/mol. The van der Waals surface area contributed by atoms with Crippen LogP contribution in [-0.4, -0.2) is 40.8 Å². The fraction of sp³-hybridized carbons (Fsp3) is 0.846. The number of likely N-dealkylation sites (N-methyl/N-ethyl adjacent to an activating group) is 1. The van der Waals surface area contributed by atoms with Crippen molar-refractivity contribution in [2.75, 3.05) is 19.6 Å². The van der Waals surface area contributed by atoms with Gasteiger partial charge >= 0.3 is 0 Å². The molecule has 1 aromatic rings. The number of hydrogen-bond acceptors (Lipinski definition) is 5. The van der Waals surface area contributed by atoms with Gasteiger partial charge in [-0.1, -0.05) is 20.3 Å². The van der Waals surface area contributed by atoms with E-state index < -0.39 is 0 Å². The molecule has 0 spiro atoms. The molecule has 1 aliphatic rings. The Kier molecular flexibility index (Phi) is 5.13. The third kappa shape index (κ3) is 3.53. The number of likely N-dealkylation sites (tertiary alicyclic amines) is 1. The minimum absolute atomic E-state index is 0.607. The maximum atomic E-state index is 5.60. The molecular formula is C13H24N4O. The molecule has 18 heavy (non-hydrogen) atoms. The van der Waals surface area contributed by atoms with Gasteiger partial charge in [0.25, 0.3) is 0 Å². The second kappa shape index (κ2) is 6.85. The summed E-state index contributed by atoms with van der Waals surface area (Å²) in [5, 5.41) is 11.6. The number of hydrogen-bond donors (Lipinski definition) is 1. The van der Waals surface area contributed by atoms with E-state index in [4.69, 9.17) is 4.42 Å². The van der Waals surface area contributed by atoms with E-state index >= 15 is 0 Å². The van der Waals surface area contributed by atoms with Gasteiger partial charge in [-0.2, -0.15) is 0 Å². The second-order valence-corrected chi connectivity index (χ2v) is 4.87. The first-order chi connectivity index (χ1) is 8.83. The zero-order valence-corrected chi connectivity index (χ0v) is 11.5. The zero-order valence-electron chi connectivity index (χ0n) is 11.5. The molecule has 5 nitrogen and oxygen atoms in total. The zero-order chi connectivity index (χ0) is 12.8. The minimum atomic E-state index is 0.607. The van der Waals surface area contributed by atoms with Gasteiger partial charge in [0.2, 0.25) is 11.8 Å². The first-order valence-corrected chi connectivity index (χ1v) is 7.09. The van der Waals surface area contributed by atoms with Crippen molar-refractivity contribution in [1.82, 2.24) is 20.4 Å². The standard InChI is InChI=1S/C13H24N4O/c1-3-12-15-16-13(18-12)10-17-8-6-5-7-11(17)9-14-4-2/h11,14H,3-10H2,1-2H3. The lowest BCUT2D eigenvalue weighted by atomic mass is 10.0. The molecule has 2 rings (SSSR count). The van der Waals surface area contributed by atoms with Crippen LogP contribution in [0.25, 0.3) is 0 Å². The maximum absolute atomic E-state index is 5.60. The van der Waals surface area contributed by atoms with Crippen LogP contribution in [0.2, 0.25) is 0 Å². The van der Waals surface area contributed by atoms with Crippen LogP contribution >= 0.6 is 0 Å². The molecule has 0 bridgehead atoms. The molecule has 0 radical (unpaired) electrons. The van der Waals surface area contributed by atoms with E-state index in [2.05, 4.69) is 27.3 Å². The summed E-state index contributed by atoms with van der Waals surface area (Å²) in [5.74, 6) is 1.50. The van der Waals surface area contributed by atoms with Gasteiger partial charge in [0, 0.05) is 19.0 Å². The van der Waals surface area contributed by atoms with Gasteiger partial charge in [-0.15, -0.1) is 10.2 Å². The number of nitrogens with zero attached hydrogens (tertiary/aromatic N) is 3. The summed E-state index contributed by atoms with van der Waals surface area (Å²) in [6.45, 7) is 8.21. The Labute approximate surface area is 109 Å². The first-order valence-electron chi connectivity index (χ1n) is 7.09. The number of rotatable bonds is 6. The van der Waals surface area contributed by atoms with E-state index in [1.807, 2.05) is 6.92 Å². The van der Waals surface area contributed by atoms with Crippen LogP contribution in [0.1, 0.15) is 44.9 Å². The molecule has 1 aliphatic heterocycles. The molecule has 0 aliphatic carbocycles. The summed E-state index contributed by atoms with van der Waals surface area (Å²) < 4.78 is 5.60. The smallest absolute Gasteiger partial charge is 0.230 e. The summed E-state index contributed by atoms with van der Waals surface area (Å²) in [6, 6.07) is 0.607. The molecule has 1 aromatic heterocycles. The predicted molar refractivity (Wildman–Crippen MR) is 70.3 cm³/mol. The van der Waals surface area contributed by atoms with Crippen LogP contribution in [0.5, 0.6) is 0 Å². The summed E-state index contributed by atoms with van der Waals surface area (Å²) in [7, 11) is 0. The number of nitrogens with one attached hydrogen (secondary N) is 1. The third-order valence-electron chi connectivity index (χ3n) is 3.53. The Morgan fingerprint density at radius 1 is 1.28 bits per heavy atom. The van der Waals surface area contributed by atoms with Crippen molar-refractivity contribution in [3.63, 3.8) is 0 Å².